The molecule has 1 aliphatic rings. The van der Waals surface area contributed by atoms with Crippen LogP contribution in [0.2, 0.25) is 0 Å². The number of sulfonamides is 1. The van der Waals surface area contributed by atoms with E-state index in [1.807, 2.05) is 18.2 Å². The predicted octanol–water partition coefficient (Wildman–Crippen LogP) is 1.54. The summed E-state index contributed by atoms with van der Waals surface area (Å²) in [6.07, 6.45) is 2.80. The van der Waals surface area contributed by atoms with E-state index in [9.17, 15) is 8.42 Å². The third-order valence-corrected chi connectivity index (χ3v) is 4.99. The number of ether oxygens (including phenoxy) is 2. The smallest absolute Gasteiger partial charge is 0.211 e. The average molecular weight is 314 g/mol. The minimum Gasteiger partial charge on any atom is -0.497 e. The summed E-state index contributed by atoms with van der Waals surface area (Å²) in [5.74, 6) is 1.51. The Morgan fingerprint density at radius 1 is 1.19 bits per heavy atom. The molecule has 0 amide bonds. The zero-order valence-electron chi connectivity index (χ0n) is 12.6. The Morgan fingerprint density at radius 2 is 1.86 bits per heavy atom. The van der Waals surface area contributed by atoms with Crippen LogP contribution in [0.3, 0.4) is 0 Å². The fraction of sp³-hybridized carbons (Fsp3) is 0.571. The van der Waals surface area contributed by atoms with Gasteiger partial charge in [-0.15, -0.1) is 0 Å². The van der Waals surface area contributed by atoms with Gasteiger partial charge in [0.05, 0.1) is 26.2 Å². The maximum atomic E-state index is 11.5. The number of hydrogen-bond acceptors (Lipinski definition) is 5. The largest absolute Gasteiger partial charge is 0.497 e. The Labute approximate surface area is 126 Å². The van der Waals surface area contributed by atoms with E-state index >= 15 is 0 Å². The zero-order chi connectivity index (χ0) is 15.5. The Kier molecular flexibility index (Phi) is 4.95. The van der Waals surface area contributed by atoms with Gasteiger partial charge in [-0.25, -0.2) is 12.7 Å². The van der Waals surface area contributed by atoms with Gasteiger partial charge in [0.15, 0.2) is 0 Å². The van der Waals surface area contributed by atoms with E-state index < -0.39 is 10.0 Å². The Balaban J connectivity index is 2.03. The van der Waals surface area contributed by atoms with E-state index in [1.165, 1.54) is 10.6 Å². The van der Waals surface area contributed by atoms with Crippen molar-refractivity contribution in [2.45, 2.75) is 18.9 Å². The molecule has 0 atom stereocenters. The normalized spacial score (nSPS) is 17.5. The third-order valence-electron chi connectivity index (χ3n) is 3.69. The molecule has 0 unspecified atom stereocenters. The fourth-order valence-corrected chi connectivity index (χ4v) is 3.35. The number of benzene rings is 1. The number of anilines is 1. The Hall–Kier alpha value is -1.47. The van der Waals surface area contributed by atoms with Crippen LogP contribution < -0.4 is 14.8 Å². The quantitative estimate of drug-likeness (QED) is 0.893. The van der Waals surface area contributed by atoms with Gasteiger partial charge >= 0.3 is 0 Å². The predicted molar refractivity (Wildman–Crippen MR) is 82.6 cm³/mol. The number of nitrogens with one attached hydrogen (secondary N) is 1. The van der Waals surface area contributed by atoms with E-state index in [0.29, 0.717) is 13.1 Å². The second kappa shape index (κ2) is 6.53. The van der Waals surface area contributed by atoms with E-state index in [1.54, 1.807) is 14.2 Å². The summed E-state index contributed by atoms with van der Waals surface area (Å²) in [6, 6.07) is 5.81. The molecular formula is C14H22N2O4S. The van der Waals surface area contributed by atoms with Crippen LogP contribution >= 0.6 is 0 Å². The summed E-state index contributed by atoms with van der Waals surface area (Å²) >= 11 is 0. The van der Waals surface area contributed by atoms with Crippen molar-refractivity contribution < 1.29 is 17.9 Å². The van der Waals surface area contributed by atoms with E-state index in [2.05, 4.69) is 5.32 Å². The minimum atomic E-state index is -3.08. The van der Waals surface area contributed by atoms with Crippen molar-refractivity contribution in [2.75, 3.05) is 38.9 Å². The van der Waals surface area contributed by atoms with Gasteiger partial charge in [-0.2, -0.15) is 0 Å². The molecule has 1 heterocycles. The van der Waals surface area contributed by atoms with Gasteiger partial charge in [0, 0.05) is 25.2 Å². The van der Waals surface area contributed by atoms with E-state index in [4.69, 9.17) is 9.47 Å². The molecule has 1 N–H and O–H groups in total. The molecule has 118 valence electrons. The first kappa shape index (κ1) is 15.9. The number of methoxy groups -OCH3 is 2. The summed E-state index contributed by atoms with van der Waals surface area (Å²) in [5, 5.41) is 3.42. The van der Waals surface area contributed by atoms with E-state index in [-0.39, 0.29) is 6.04 Å². The Bertz CT molecular complexity index is 581. The minimum absolute atomic E-state index is 0.226. The molecule has 0 aromatic heterocycles. The summed E-state index contributed by atoms with van der Waals surface area (Å²) in [7, 11) is 0.161. The molecule has 21 heavy (non-hydrogen) atoms. The SMILES string of the molecule is COc1ccc(OC)c(NC2CCN(S(C)(=O)=O)CC2)c1. The van der Waals surface area contributed by atoms with Crippen LogP contribution in [-0.2, 0) is 10.0 Å². The lowest BCUT2D eigenvalue weighted by molar-refractivity contribution is 0.331. The number of piperidine rings is 1. The first-order valence-electron chi connectivity index (χ1n) is 6.87. The summed E-state index contributed by atoms with van der Waals surface area (Å²) in [5.41, 5.74) is 0.870. The molecule has 1 saturated heterocycles. The highest BCUT2D eigenvalue weighted by Crippen LogP contribution is 2.30. The first-order chi connectivity index (χ1) is 9.94. The topological polar surface area (TPSA) is 67.9 Å². The first-order valence-corrected chi connectivity index (χ1v) is 8.72. The lowest BCUT2D eigenvalue weighted by atomic mass is 10.1. The number of rotatable bonds is 5. The van der Waals surface area contributed by atoms with Gasteiger partial charge in [0.2, 0.25) is 10.0 Å². The van der Waals surface area contributed by atoms with Crippen molar-refractivity contribution in [3.8, 4) is 11.5 Å². The second-order valence-electron chi connectivity index (χ2n) is 5.15. The zero-order valence-corrected chi connectivity index (χ0v) is 13.4. The van der Waals surface area contributed by atoms with Crippen molar-refractivity contribution in [1.82, 2.24) is 4.31 Å². The van der Waals surface area contributed by atoms with Crippen molar-refractivity contribution in [2.24, 2.45) is 0 Å². The molecule has 1 aliphatic heterocycles. The van der Waals surface area contributed by atoms with Gasteiger partial charge in [-0.05, 0) is 25.0 Å². The molecule has 1 fully saturated rings. The maximum absolute atomic E-state index is 11.5. The summed E-state index contributed by atoms with van der Waals surface area (Å²) < 4.78 is 35.1. The standard InChI is InChI=1S/C14H22N2O4S/c1-19-12-4-5-14(20-2)13(10-12)15-11-6-8-16(9-7-11)21(3,17)18/h4-5,10-11,15H,6-9H2,1-3H3. The highest BCUT2D eigenvalue weighted by atomic mass is 32.2. The lowest BCUT2D eigenvalue weighted by Crippen LogP contribution is -2.41. The molecule has 0 spiro atoms. The lowest BCUT2D eigenvalue weighted by Gasteiger charge is -2.31. The van der Waals surface area contributed by atoms with Gasteiger partial charge in [0.25, 0.3) is 0 Å². The molecular weight excluding hydrogens is 292 g/mol. The van der Waals surface area contributed by atoms with Crippen LogP contribution in [0.5, 0.6) is 11.5 Å². The molecule has 0 radical (unpaired) electrons. The van der Waals surface area contributed by atoms with Crippen LogP contribution in [-0.4, -0.2) is 52.3 Å². The van der Waals surface area contributed by atoms with Crippen molar-refractivity contribution >= 4 is 15.7 Å². The van der Waals surface area contributed by atoms with Crippen molar-refractivity contribution in [3.05, 3.63) is 18.2 Å². The summed E-state index contributed by atoms with van der Waals surface area (Å²) in [6.45, 7) is 1.09. The molecule has 6 nitrogen and oxygen atoms in total. The molecule has 1 aromatic rings. The third kappa shape index (κ3) is 4.01. The van der Waals surface area contributed by atoms with E-state index in [0.717, 1.165) is 30.0 Å². The van der Waals surface area contributed by atoms with Crippen molar-refractivity contribution in [3.63, 3.8) is 0 Å². The molecule has 0 saturated carbocycles. The molecule has 0 aliphatic carbocycles. The Morgan fingerprint density at radius 3 is 2.38 bits per heavy atom. The highest BCUT2D eigenvalue weighted by molar-refractivity contribution is 7.88. The highest BCUT2D eigenvalue weighted by Gasteiger charge is 2.25. The van der Waals surface area contributed by atoms with Crippen LogP contribution in [0, 0.1) is 0 Å². The average Bonchev–Trinajstić information content (AvgIpc) is 2.46. The molecule has 2 rings (SSSR count). The number of hydrogen-bond donors (Lipinski definition) is 1. The fourth-order valence-electron chi connectivity index (χ4n) is 2.48. The maximum Gasteiger partial charge on any atom is 0.211 e. The van der Waals surface area contributed by atoms with Crippen LogP contribution in [0.25, 0.3) is 0 Å². The van der Waals surface area contributed by atoms with Gasteiger partial charge in [0.1, 0.15) is 11.5 Å². The number of nitrogens with zero attached hydrogens (tertiary/aromatic N) is 1. The molecule has 1 aromatic carbocycles. The monoisotopic (exact) mass is 314 g/mol. The summed E-state index contributed by atoms with van der Waals surface area (Å²) in [4.78, 5) is 0. The molecule has 0 bridgehead atoms. The van der Waals surface area contributed by atoms with Gasteiger partial charge < -0.3 is 14.8 Å². The van der Waals surface area contributed by atoms with Crippen molar-refractivity contribution in [1.29, 1.82) is 0 Å². The molecule has 7 heteroatoms. The van der Waals surface area contributed by atoms with Crippen LogP contribution in [0.1, 0.15) is 12.8 Å². The van der Waals surface area contributed by atoms with Gasteiger partial charge in [-0.3, -0.25) is 0 Å². The van der Waals surface area contributed by atoms with Crippen LogP contribution in [0.4, 0.5) is 5.69 Å². The van der Waals surface area contributed by atoms with Gasteiger partial charge in [-0.1, -0.05) is 0 Å². The van der Waals surface area contributed by atoms with Crippen LogP contribution in [0.15, 0.2) is 18.2 Å². The second-order valence-corrected chi connectivity index (χ2v) is 7.13.